The van der Waals surface area contributed by atoms with Crippen LogP contribution in [0.4, 0.5) is 0 Å². The van der Waals surface area contributed by atoms with E-state index in [0.717, 1.165) is 25.9 Å². The first-order valence-electron chi connectivity index (χ1n) is 7.71. The highest BCUT2D eigenvalue weighted by molar-refractivity contribution is 6.83. The van der Waals surface area contributed by atoms with Gasteiger partial charge in [0.25, 0.3) is 0 Å². The van der Waals surface area contributed by atoms with Crippen LogP contribution in [0.3, 0.4) is 0 Å². The van der Waals surface area contributed by atoms with Crippen molar-refractivity contribution < 1.29 is 4.79 Å². The zero-order chi connectivity index (χ0) is 14.3. The third kappa shape index (κ3) is 6.94. The van der Waals surface area contributed by atoms with Gasteiger partial charge in [0.2, 0.25) is 0 Å². The Balaban J connectivity index is 2.62. The number of ketones is 1. The number of piperidine rings is 1. The highest BCUT2D eigenvalue weighted by Crippen LogP contribution is 2.15. The van der Waals surface area contributed by atoms with Crippen LogP contribution in [0.15, 0.2) is 0 Å². The van der Waals surface area contributed by atoms with Gasteiger partial charge in [-0.05, 0) is 6.42 Å². The molecule has 1 aliphatic rings. The molecule has 1 atom stereocenters. The number of Topliss-reactive ketones (excluding diaryl/α,β-unsaturated/α-hetero) is 1. The highest BCUT2D eigenvalue weighted by Gasteiger charge is 2.22. The molecule has 0 bridgehead atoms. The number of carbonyl (C=O) groups is 1. The van der Waals surface area contributed by atoms with Crippen LogP contribution in [-0.2, 0) is 4.79 Å². The molecular weight excluding hydrogens is 250 g/mol. The van der Waals surface area contributed by atoms with Crippen LogP contribution in [0.5, 0.6) is 0 Å². The lowest BCUT2D eigenvalue weighted by Crippen LogP contribution is -2.41. The zero-order valence-corrected chi connectivity index (χ0v) is 14.1. The Morgan fingerprint density at radius 3 is 2.37 bits per heavy atom. The Morgan fingerprint density at radius 2 is 1.84 bits per heavy atom. The van der Waals surface area contributed by atoms with Gasteiger partial charge in [-0.25, -0.2) is 0 Å². The minimum atomic E-state index is -1.30. The summed E-state index contributed by atoms with van der Waals surface area (Å²) in [5, 5.41) is 0. The molecule has 1 rings (SSSR count). The summed E-state index contributed by atoms with van der Waals surface area (Å²) in [4.78, 5) is 13.8. The average Bonchev–Trinajstić information content (AvgIpc) is 2.34. The molecule has 1 saturated heterocycles. The van der Waals surface area contributed by atoms with Crippen molar-refractivity contribution in [3.05, 3.63) is 0 Å². The maximum atomic E-state index is 11.4. The van der Waals surface area contributed by atoms with Gasteiger partial charge < -0.3 is 0 Å². The summed E-state index contributed by atoms with van der Waals surface area (Å²) in [5.74, 6) is 3.95. The van der Waals surface area contributed by atoms with E-state index in [1.807, 2.05) is 0 Å². The molecule has 2 nitrogen and oxygen atoms in total. The van der Waals surface area contributed by atoms with Gasteiger partial charge >= 0.3 is 0 Å². The second kappa shape index (κ2) is 7.87. The molecule has 0 amide bonds. The third-order valence-corrected chi connectivity index (χ3v) is 4.39. The average molecular weight is 280 g/mol. The van der Waals surface area contributed by atoms with E-state index >= 15 is 0 Å². The second-order valence-electron chi connectivity index (χ2n) is 6.61. The monoisotopic (exact) mass is 279 g/mol. The van der Waals surface area contributed by atoms with Crippen LogP contribution in [0.2, 0.25) is 19.6 Å². The van der Waals surface area contributed by atoms with Gasteiger partial charge in [-0.2, -0.15) is 0 Å². The van der Waals surface area contributed by atoms with E-state index in [0.29, 0.717) is 11.8 Å². The Labute approximate surface area is 120 Å². The van der Waals surface area contributed by atoms with E-state index in [2.05, 4.69) is 42.9 Å². The zero-order valence-electron chi connectivity index (χ0n) is 13.1. The molecule has 1 fully saturated rings. The van der Waals surface area contributed by atoms with Crippen molar-refractivity contribution in [3.8, 4) is 11.5 Å². The Bertz CT molecular complexity index is 338. The molecule has 0 saturated carbocycles. The number of carbonyl (C=O) groups excluding carboxylic acids is 1. The van der Waals surface area contributed by atoms with E-state index in [-0.39, 0.29) is 0 Å². The Hall–Kier alpha value is -0.593. The van der Waals surface area contributed by atoms with Crippen LogP contribution in [0.1, 0.15) is 45.4 Å². The van der Waals surface area contributed by atoms with Crippen molar-refractivity contribution in [1.82, 2.24) is 4.90 Å². The molecule has 0 radical (unpaired) electrons. The van der Waals surface area contributed by atoms with Crippen molar-refractivity contribution in [2.75, 3.05) is 13.1 Å². The van der Waals surface area contributed by atoms with Gasteiger partial charge in [-0.15, -0.1) is 5.54 Å². The fourth-order valence-corrected chi connectivity index (χ4v) is 2.92. The quantitative estimate of drug-likeness (QED) is 0.436. The Morgan fingerprint density at radius 1 is 1.21 bits per heavy atom. The molecule has 3 heteroatoms. The first kappa shape index (κ1) is 16.5. The fraction of sp³-hybridized carbons (Fsp3) is 0.812. The summed E-state index contributed by atoms with van der Waals surface area (Å²) in [6.07, 6.45) is 6.41. The van der Waals surface area contributed by atoms with Crippen molar-refractivity contribution in [2.45, 2.75) is 71.1 Å². The van der Waals surface area contributed by atoms with Gasteiger partial charge in [0.05, 0.1) is 6.04 Å². The molecule has 0 unspecified atom stereocenters. The number of hydrogen-bond acceptors (Lipinski definition) is 2. The number of unbranched alkanes of at least 4 members (excludes halogenated alkanes) is 2. The van der Waals surface area contributed by atoms with E-state index in [4.69, 9.17) is 0 Å². The summed E-state index contributed by atoms with van der Waals surface area (Å²) < 4.78 is 0. The first-order valence-corrected chi connectivity index (χ1v) is 11.2. The number of likely N-dealkylation sites (tertiary alicyclic amines) is 1. The van der Waals surface area contributed by atoms with Crippen LogP contribution in [-0.4, -0.2) is 37.9 Å². The number of nitrogens with zero attached hydrogens (tertiary/aromatic N) is 1. The lowest BCUT2D eigenvalue weighted by molar-refractivity contribution is -0.121. The molecule has 108 valence electrons. The minimum absolute atomic E-state index is 0.381. The molecule has 0 aliphatic carbocycles. The van der Waals surface area contributed by atoms with Crippen molar-refractivity contribution in [2.24, 2.45) is 0 Å². The van der Waals surface area contributed by atoms with E-state index < -0.39 is 8.07 Å². The van der Waals surface area contributed by atoms with Gasteiger partial charge in [0.15, 0.2) is 0 Å². The van der Waals surface area contributed by atoms with Crippen LogP contribution in [0, 0.1) is 11.5 Å². The predicted octanol–water partition coefficient (Wildman–Crippen LogP) is 3.48. The SMILES string of the molecule is CCCCC[C@@H](C#C[Si](C)(C)C)N1CCC(=O)CC1. The van der Waals surface area contributed by atoms with E-state index in [1.54, 1.807) is 0 Å². The van der Waals surface area contributed by atoms with Gasteiger partial charge in [0.1, 0.15) is 13.9 Å². The molecule has 0 N–H and O–H groups in total. The van der Waals surface area contributed by atoms with Crippen molar-refractivity contribution >= 4 is 13.9 Å². The number of hydrogen-bond donors (Lipinski definition) is 0. The van der Waals surface area contributed by atoms with E-state index in [1.165, 1.54) is 25.7 Å². The summed E-state index contributed by atoms with van der Waals surface area (Å²) in [6, 6.07) is 0.381. The molecule has 19 heavy (non-hydrogen) atoms. The summed E-state index contributed by atoms with van der Waals surface area (Å²) in [7, 11) is -1.30. The van der Waals surface area contributed by atoms with Crippen molar-refractivity contribution in [1.29, 1.82) is 0 Å². The molecule has 0 spiro atoms. The molecule has 0 aromatic rings. The summed E-state index contributed by atoms with van der Waals surface area (Å²) in [5.41, 5.74) is 3.52. The largest absolute Gasteiger partial charge is 0.300 e. The maximum absolute atomic E-state index is 11.4. The summed E-state index contributed by atoms with van der Waals surface area (Å²) in [6.45, 7) is 10.9. The fourth-order valence-electron chi connectivity index (χ4n) is 2.32. The second-order valence-corrected chi connectivity index (χ2v) is 11.4. The Kier molecular flexibility index (Phi) is 6.81. The van der Waals surface area contributed by atoms with Gasteiger partial charge in [0, 0.05) is 25.9 Å². The summed E-state index contributed by atoms with van der Waals surface area (Å²) >= 11 is 0. The topological polar surface area (TPSA) is 20.3 Å². The third-order valence-electron chi connectivity index (χ3n) is 3.49. The molecule has 1 aliphatic heterocycles. The minimum Gasteiger partial charge on any atom is -0.300 e. The number of rotatable bonds is 5. The lowest BCUT2D eigenvalue weighted by Gasteiger charge is -2.31. The molecular formula is C16H29NOSi. The van der Waals surface area contributed by atoms with Gasteiger partial charge in [-0.3, -0.25) is 9.69 Å². The molecule has 1 heterocycles. The predicted molar refractivity (Wildman–Crippen MR) is 84.9 cm³/mol. The molecule has 0 aromatic carbocycles. The smallest absolute Gasteiger partial charge is 0.135 e. The van der Waals surface area contributed by atoms with E-state index in [9.17, 15) is 4.79 Å². The standard InChI is InChI=1S/C16H29NOSi/c1-5-6-7-8-15(11-14-19(2,3)4)17-12-9-16(18)10-13-17/h15H,5-10,12-13H2,1-4H3/t15-/m0/s1. The van der Waals surface area contributed by atoms with Crippen LogP contribution < -0.4 is 0 Å². The van der Waals surface area contributed by atoms with Gasteiger partial charge in [-0.1, -0.05) is 51.7 Å². The lowest BCUT2D eigenvalue weighted by atomic mass is 10.0. The van der Waals surface area contributed by atoms with Crippen LogP contribution in [0.25, 0.3) is 0 Å². The normalized spacial score (nSPS) is 18.8. The van der Waals surface area contributed by atoms with Crippen LogP contribution >= 0.6 is 0 Å². The highest BCUT2D eigenvalue weighted by atomic mass is 28.3. The maximum Gasteiger partial charge on any atom is 0.135 e. The first-order chi connectivity index (χ1) is 8.92. The molecule has 0 aromatic heterocycles. The van der Waals surface area contributed by atoms with Crippen molar-refractivity contribution in [3.63, 3.8) is 0 Å².